The molecule has 0 bridgehead atoms. The van der Waals surface area contributed by atoms with Crippen LogP contribution in [-0.4, -0.2) is 47.2 Å². The second-order valence-corrected chi connectivity index (χ2v) is 8.59. The van der Waals surface area contributed by atoms with Crippen molar-refractivity contribution in [1.29, 1.82) is 0 Å². The minimum absolute atomic E-state index is 0.0216. The Hall–Kier alpha value is -3.69. The molecule has 0 radical (unpaired) electrons. The van der Waals surface area contributed by atoms with Crippen molar-refractivity contribution >= 4 is 16.9 Å². The smallest absolute Gasteiger partial charge is 0.273 e. The highest BCUT2D eigenvalue weighted by atomic mass is 19.1. The molecular formula is C23H25FN8O. The summed E-state index contributed by atoms with van der Waals surface area (Å²) in [5.74, 6) is 0.255. The summed E-state index contributed by atoms with van der Waals surface area (Å²) in [6, 6.07) is 7.87. The quantitative estimate of drug-likeness (QED) is 0.407. The van der Waals surface area contributed by atoms with Crippen LogP contribution in [-0.2, 0) is 19.5 Å². The number of nitrogens with one attached hydrogen (secondary N) is 2. The van der Waals surface area contributed by atoms with Crippen molar-refractivity contribution in [3.63, 3.8) is 0 Å². The molecule has 1 saturated carbocycles. The molecule has 33 heavy (non-hydrogen) atoms. The first kappa shape index (κ1) is 21.2. The molecule has 4 aromatic heterocycles. The topological polar surface area (TPSA) is 114 Å². The first-order valence-corrected chi connectivity index (χ1v) is 11.1. The number of H-pyrrole nitrogens is 1. The van der Waals surface area contributed by atoms with Crippen LogP contribution in [0.5, 0.6) is 0 Å². The van der Waals surface area contributed by atoms with Gasteiger partial charge in [0.15, 0.2) is 11.3 Å². The molecule has 170 valence electrons. The molecule has 5 rings (SSSR count). The summed E-state index contributed by atoms with van der Waals surface area (Å²) in [7, 11) is 0. The molecule has 1 fully saturated rings. The van der Waals surface area contributed by atoms with Gasteiger partial charge in [-0.3, -0.25) is 9.78 Å². The Balaban J connectivity index is 1.11. The minimum Gasteiger partial charge on any atom is -0.346 e. The average Bonchev–Trinajstić information content (AvgIpc) is 3.41. The highest BCUT2D eigenvalue weighted by Crippen LogP contribution is 2.40. The van der Waals surface area contributed by atoms with E-state index in [-0.39, 0.29) is 24.6 Å². The Labute approximate surface area is 189 Å². The number of carbonyl (C=O) groups excluding carboxylic acids is 1. The minimum atomic E-state index is -1.15. The maximum Gasteiger partial charge on any atom is 0.273 e. The highest BCUT2D eigenvalue weighted by molar-refractivity contribution is 5.91. The molecule has 1 unspecified atom stereocenters. The maximum absolute atomic E-state index is 14.6. The van der Waals surface area contributed by atoms with Crippen molar-refractivity contribution in [3.05, 3.63) is 65.0 Å². The molecule has 0 spiro atoms. The Bertz CT molecular complexity index is 1260. The van der Waals surface area contributed by atoms with E-state index in [2.05, 4.69) is 41.9 Å². The van der Waals surface area contributed by atoms with Gasteiger partial charge in [-0.25, -0.2) is 9.07 Å². The molecule has 2 N–H and O–H groups in total. The zero-order valence-corrected chi connectivity index (χ0v) is 18.3. The summed E-state index contributed by atoms with van der Waals surface area (Å²) in [4.78, 5) is 19.8. The van der Waals surface area contributed by atoms with E-state index in [0.29, 0.717) is 18.9 Å². The van der Waals surface area contributed by atoms with Crippen LogP contribution in [0.4, 0.5) is 4.39 Å². The number of aromatic amines is 1. The zero-order chi connectivity index (χ0) is 22.8. The monoisotopic (exact) mass is 448 g/mol. The van der Waals surface area contributed by atoms with Gasteiger partial charge in [0.1, 0.15) is 6.17 Å². The van der Waals surface area contributed by atoms with Crippen molar-refractivity contribution in [2.24, 2.45) is 0 Å². The van der Waals surface area contributed by atoms with Crippen LogP contribution in [0.3, 0.4) is 0 Å². The first-order valence-electron chi connectivity index (χ1n) is 11.1. The Morgan fingerprint density at radius 3 is 2.94 bits per heavy atom. The van der Waals surface area contributed by atoms with Gasteiger partial charge in [0.25, 0.3) is 5.91 Å². The van der Waals surface area contributed by atoms with E-state index >= 15 is 0 Å². The zero-order valence-electron chi connectivity index (χ0n) is 18.3. The lowest BCUT2D eigenvalue weighted by Crippen LogP contribution is -2.23. The van der Waals surface area contributed by atoms with Crippen LogP contribution < -0.4 is 5.32 Å². The SMILES string of the molecule is Cc1ccc(CNC(=O)c2cn(CC(F)CCc3cc4cc(C5CC5)[nH]c4nn3)nn2)cn1. The summed E-state index contributed by atoms with van der Waals surface area (Å²) in [5, 5.41) is 20.0. The normalized spacial score (nSPS) is 14.5. The summed E-state index contributed by atoms with van der Waals surface area (Å²) in [5.41, 5.74) is 4.70. The van der Waals surface area contributed by atoms with Crippen molar-refractivity contribution < 1.29 is 9.18 Å². The number of rotatable bonds is 9. The Morgan fingerprint density at radius 1 is 1.27 bits per heavy atom. The third-order valence-corrected chi connectivity index (χ3v) is 5.76. The predicted octanol–water partition coefficient (Wildman–Crippen LogP) is 3.03. The summed E-state index contributed by atoms with van der Waals surface area (Å²) in [6.45, 7) is 2.25. The molecule has 1 aliphatic carbocycles. The summed E-state index contributed by atoms with van der Waals surface area (Å²) >= 11 is 0. The first-order chi connectivity index (χ1) is 16.0. The van der Waals surface area contributed by atoms with Gasteiger partial charge in [-0.05, 0) is 62.3 Å². The number of hydrogen-bond donors (Lipinski definition) is 2. The fraction of sp³-hybridized carbons (Fsp3) is 0.391. The number of nitrogens with zero attached hydrogens (tertiary/aromatic N) is 6. The van der Waals surface area contributed by atoms with E-state index in [4.69, 9.17) is 0 Å². The number of aromatic nitrogens is 7. The fourth-order valence-corrected chi connectivity index (χ4v) is 3.70. The van der Waals surface area contributed by atoms with Gasteiger partial charge in [0.2, 0.25) is 0 Å². The second kappa shape index (κ2) is 9.05. The molecule has 4 aromatic rings. The Morgan fingerprint density at radius 2 is 2.15 bits per heavy atom. The van der Waals surface area contributed by atoms with Crippen molar-refractivity contribution in [2.75, 3.05) is 0 Å². The third kappa shape index (κ3) is 5.21. The van der Waals surface area contributed by atoms with Crippen LogP contribution in [0.15, 0.2) is 36.7 Å². The molecule has 1 amide bonds. The fourth-order valence-electron chi connectivity index (χ4n) is 3.70. The number of pyridine rings is 1. The average molecular weight is 449 g/mol. The lowest BCUT2D eigenvalue weighted by Gasteiger charge is -2.07. The van der Waals surface area contributed by atoms with E-state index < -0.39 is 6.17 Å². The molecule has 1 aliphatic rings. The molecular weight excluding hydrogens is 423 g/mol. The van der Waals surface area contributed by atoms with Crippen LogP contribution in [0.1, 0.15) is 58.3 Å². The van der Waals surface area contributed by atoms with Crippen molar-refractivity contribution in [3.8, 4) is 0 Å². The molecule has 4 heterocycles. The van der Waals surface area contributed by atoms with E-state index in [1.165, 1.54) is 29.4 Å². The van der Waals surface area contributed by atoms with Crippen LogP contribution >= 0.6 is 0 Å². The number of halogens is 1. The summed E-state index contributed by atoms with van der Waals surface area (Å²) < 4.78 is 15.9. The molecule has 0 saturated heterocycles. The van der Waals surface area contributed by atoms with Gasteiger partial charge < -0.3 is 10.3 Å². The van der Waals surface area contributed by atoms with E-state index in [1.54, 1.807) is 6.20 Å². The number of fused-ring (bicyclic) bond motifs is 1. The van der Waals surface area contributed by atoms with Gasteiger partial charge in [0, 0.05) is 29.5 Å². The molecule has 9 nitrogen and oxygen atoms in total. The lowest BCUT2D eigenvalue weighted by molar-refractivity contribution is 0.0945. The van der Waals surface area contributed by atoms with Gasteiger partial charge in [0.05, 0.1) is 18.4 Å². The standard InChI is InChI=1S/C23H25FN8O/c1-14-2-3-15(10-25-14)11-26-23(33)21-13-32(31-29-21)12-18(24)6-7-19-8-17-9-20(16-4-5-16)27-22(17)30-28-19/h2-3,8-10,13,16,18H,4-7,11-12H2,1H3,(H,26,33)(H,27,30). The summed E-state index contributed by atoms with van der Waals surface area (Å²) in [6.07, 6.45) is 5.21. The van der Waals surface area contributed by atoms with Gasteiger partial charge in [-0.15, -0.1) is 10.2 Å². The molecule has 1 atom stereocenters. The van der Waals surface area contributed by atoms with Crippen molar-refractivity contribution in [2.45, 2.75) is 57.8 Å². The third-order valence-electron chi connectivity index (χ3n) is 5.76. The largest absolute Gasteiger partial charge is 0.346 e. The van der Waals surface area contributed by atoms with Gasteiger partial charge in [-0.2, -0.15) is 5.10 Å². The predicted molar refractivity (Wildman–Crippen MR) is 119 cm³/mol. The lowest BCUT2D eigenvalue weighted by atomic mass is 10.1. The van der Waals surface area contributed by atoms with Gasteiger partial charge in [-0.1, -0.05) is 11.3 Å². The van der Waals surface area contributed by atoms with Gasteiger partial charge >= 0.3 is 0 Å². The van der Waals surface area contributed by atoms with Crippen LogP contribution in [0.2, 0.25) is 0 Å². The maximum atomic E-state index is 14.6. The number of hydrogen-bond acceptors (Lipinski definition) is 6. The van der Waals surface area contributed by atoms with Crippen LogP contribution in [0, 0.1) is 6.92 Å². The van der Waals surface area contributed by atoms with Crippen LogP contribution in [0.25, 0.3) is 11.0 Å². The molecule has 0 aromatic carbocycles. The number of aryl methyl sites for hydroxylation is 2. The Kier molecular flexibility index (Phi) is 5.80. The van der Waals surface area contributed by atoms with E-state index in [9.17, 15) is 9.18 Å². The van der Waals surface area contributed by atoms with Crippen molar-refractivity contribution in [1.82, 2.24) is 40.5 Å². The number of alkyl halides is 1. The van der Waals surface area contributed by atoms with E-state index in [0.717, 1.165) is 28.0 Å². The molecule has 10 heteroatoms. The highest BCUT2D eigenvalue weighted by Gasteiger charge is 2.25. The molecule has 0 aliphatic heterocycles. The second-order valence-electron chi connectivity index (χ2n) is 8.59. The van der Waals surface area contributed by atoms with E-state index in [1.807, 2.05) is 25.1 Å². The number of amides is 1. The number of carbonyl (C=O) groups is 1.